The molecule has 3 N–H and O–H groups in total. The van der Waals surface area contributed by atoms with E-state index in [1.807, 2.05) is 55.8 Å². The van der Waals surface area contributed by atoms with Crippen molar-refractivity contribution in [3.63, 3.8) is 0 Å². The predicted molar refractivity (Wildman–Crippen MR) is 180 cm³/mol. The molecule has 0 unspecified atom stereocenters. The maximum absolute atomic E-state index is 13.5. The zero-order chi connectivity index (χ0) is 30.1. The molecule has 3 heterocycles. The van der Waals surface area contributed by atoms with Gasteiger partial charge in [-0.2, -0.15) is 10.1 Å². The second-order valence-electron chi connectivity index (χ2n) is 10.9. The van der Waals surface area contributed by atoms with Crippen molar-refractivity contribution >= 4 is 68.0 Å². The molecule has 0 bridgehead atoms. The number of fused-ring (bicyclic) bond motifs is 1. The number of halogens is 1. The molecule has 0 spiro atoms. The number of nitrogens with one attached hydrogen (secondary N) is 3. The first kappa shape index (κ1) is 29.2. The minimum Gasteiger partial charge on any atom is -0.494 e. The minimum atomic E-state index is -2.65. The van der Waals surface area contributed by atoms with E-state index in [9.17, 15) is 4.57 Å². The molecule has 6 rings (SSSR count). The van der Waals surface area contributed by atoms with Gasteiger partial charge in [-0.1, -0.05) is 30.3 Å². The number of hydrogen-bond acceptors (Lipinski definition) is 9. The monoisotopic (exact) mass is 660 g/mol. The molecule has 0 saturated carbocycles. The summed E-state index contributed by atoms with van der Waals surface area (Å²) in [4.78, 5) is 11.7. The summed E-state index contributed by atoms with van der Waals surface area (Å²) in [5, 5.41) is 17.4. The number of methoxy groups -OCH3 is 1. The second-order valence-corrected chi connectivity index (χ2v) is 14.9. The Kier molecular flexibility index (Phi) is 8.13. The Labute approximate surface area is 259 Å². The molecular formula is C31H34BrN8O2P. The number of aromatic nitrogens is 4. The topological polar surface area (TPSA) is 109 Å². The van der Waals surface area contributed by atoms with Crippen molar-refractivity contribution in [2.75, 3.05) is 62.2 Å². The molecule has 12 heteroatoms. The third-order valence-electron chi connectivity index (χ3n) is 7.47. The lowest BCUT2D eigenvalue weighted by Gasteiger charge is -2.31. The molecule has 1 aliphatic heterocycles. The zero-order valence-corrected chi connectivity index (χ0v) is 27.0. The Balaban J connectivity index is 1.38. The van der Waals surface area contributed by atoms with Gasteiger partial charge in [0.15, 0.2) is 0 Å². The van der Waals surface area contributed by atoms with Crippen LogP contribution in [0.2, 0.25) is 0 Å². The van der Waals surface area contributed by atoms with E-state index in [0.717, 1.165) is 70.4 Å². The third-order valence-corrected chi connectivity index (χ3v) is 9.61. The summed E-state index contributed by atoms with van der Waals surface area (Å²) >= 11 is 3.60. The van der Waals surface area contributed by atoms with Crippen molar-refractivity contribution in [1.29, 1.82) is 0 Å². The van der Waals surface area contributed by atoms with Gasteiger partial charge in [0.25, 0.3) is 0 Å². The summed E-state index contributed by atoms with van der Waals surface area (Å²) in [7, 11) is 0.929. The van der Waals surface area contributed by atoms with Gasteiger partial charge in [0.1, 0.15) is 18.7 Å². The van der Waals surface area contributed by atoms with Crippen molar-refractivity contribution in [3.8, 4) is 16.9 Å². The molecule has 43 heavy (non-hydrogen) atoms. The van der Waals surface area contributed by atoms with E-state index in [1.54, 1.807) is 31.3 Å². The number of benzene rings is 3. The van der Waals surface area contributed by atoms with E-state index in [-0.39, 0.29) is 0 Å². The van der Waals surface area contributed by atoms with E-state index in [0.29, 0.717) is 22.0 Å². The summed E-state index contributed by atoms with van der Waals surface area (Å²) in [6.45, 7) is 7.21. The highest BCUT2D eigenvalue weighted by Crippen LogP contribution is 2.43. The first-order valence-electron chi connectivity index (χ1n) is 14.0. The van der Waals surface area contributed by atoms with E-state index in [4.69, 9.17) is 9.72 Å². The van der Waals surface area contributed by atoms with Gasteiger partial charge in [-0.3, -0.25) is 4.68 Å². The minimum absolute atomic E-state index is 0.384. The number of hydrogen-bond donors (Lipinski definition) is 3. The predicted octanol–water partition coefficient (Wildman–Crippen LogP) is 5.95. The van der Waals surface area contributed by atoms with Crippen molar-refractivity contribution in [2.24, 2.45) is 7.05 Å². The Morgan fingerprint density at radius 2 is 1.81 bits per heavy atom. The van der Waals surface area contributed by atoms with Gasteiger partial charge < -0.3 is 30.2 Å². The highest BCUT2D eigenvalue weighted by Gasteiger charge is 2.22. The Morgan fingerprint density at radius 3 is 2.53 bits per heavy atom. The summed E-state index contributed by atoms with van der Waals surface area (Å²) in [5.74, 6) is 1.61. The van der Waals surface area contributed by atoms with Gasteiger partial charge in [-0.15, -0.1) is 0 Å². The normalized spacial score (nSPS) is 13.7. The van der Waals surface area contributed by atoms with Gasteiger partial charge in [0.05, 0.1) is 29.2 Å². The fourth-order valence-electron chi connectivity index (χ4n) is 5.49. The highest BCUT2D eigenvalue weighted by atomic mass is 79.9. The molecule has 3 aromatic carbocycles. The maximum atomic E-state index is 13.5. The molecule has 0 atom stereocenters. The molecule has 0 aliphatic carbocycles. The van der Waals surface area contributed by atoms with Crippen LogP contribution in [0.3, 0.4) is 0 Å². The van der Waals surface area contributed by atoms with Crippen LogP contribution in [0, 0.1) is 0 Å². The van der Waals surface area contributed by atoms with Gasteiger partial charge in [0, 0.05) is 73.8 Å². The molecule has 5 aromatic rings. The summed E-state index contributed by atoms with van der Waals surface area (Å²) in [5.41, 5.74) is 4.61. The zero-order valence-electron chi connectivity index (χ0n) is 24.6. The van der Waals surface area contributed by atoms with E-state index >= 15 is 0 Å². The number of anilines is 5. The lowest BCUT2D eigenvalue weighted by molar-refractivity contribution is 0.416. The standard InChI is InChI=1S/C31H34BrN8O2P/c1-39-19-21(17-35-39)23-15-26(28(42-2)16-27(23)40-13-11-33-12-14-40)37-31-34-18-24(32)30(38-31)36-25-10-9-20-7-5-6-8-22(20)29(25)43(3,4)41/h5-10,15-19,33H,11-14H2,1-4H3,(H2,34,36,37,38). The van der Waals surface area contributed by atoms with Crippen molar-refractivity contribution in [2.45, 2.75) is 0 Å². The maximum Gasteiger partial charge on any atom is 0.229 e. The molecule has 222 valence electrons. The SMILES string of the molecule is COc1cc(N2CCNCC2)c(-c2cnn(C)c2)cc1Nc1ncc(Br)c(Nc2ccc3ccccc3c2P(C)(C)=O)n1. The number of piperazine rings is 1. The molecule has 1 aliphatic rings. The van der Waals surface area contributed by atoms with Crippen LogP contribution in [0.25, 0.3) is 21.9 Å². The van der Waals surface area contributed by atoms with Crippen LogP contribution in [0.1, 0.15) is 0 Å². The van der Waals surface area contributed by atoms with Crippen molar-refractivity contribution < 1.29 is 9.30 Å². The Morgan fingerprint density at radius 1 is 1.02 bits per heavy atom. The molecule has 0 radical (unpaired) electrons. The lowest BCUT2D eigenvalue weighted by atomic mass is 10.0. The van der Waals surface area contributed by atoms with E-state index in [2.05, 4.69) is 59.0 Å². The summed E-state index contributed by atoms with van der Waals surface area (Å²) in [6.07, 6.45) is 5.58. The van der Waals surface area contributed by atoms with Gasteiger partial charge in [-0.05, 0) is 52.2 Å². The molecule has 10 nitrogen and oxygen atoms in total. The average Bonchev–Trinajstić information content (AvgIpc) is 3.44. The second kappa shape index (κ2) is 12.0. The van der Waals surface area contributed by atoms with Crippen LogP contribution < -0.4 is 30.9 Å². The van der Waals surface area contributed by atoms with Crippen LogP contribution in [0.5, 0.6) is 5.75 Å². The van der Waals surface area contributed by atoms with Crippen molar-refractivity contribution in [3.05, 3.63) is 71.6 Å². The number of aryl methyl sites for hydroxylation is 1. The van der Waals surface area contributed by atoms with E-state index < -0.39 is 7.14 Å². The Bertz CT molecular complexity index is 1850. The average molecular weight is 662 g/mol. The van der Waals surface area contributed by atoms with Crippen LogP contribution in [-0.4, -0.2) is 66.4 Å². The third kappa shape index (κ3) is 6.11. The lowest BCUT2D eigenvalue weighted by Crippen LogP contribution is -2.43. The number of ether oxygens (including phenoxy) is 1. The number of nitrogens with zero attached hydrogens (tertiary/aromatic N) is 5. The fraction of sp³-hybridized carbons (Fsp3) is 0.258. The molecule has 1 fully saturated rings. The summed E-state index contributed by atoms with van der Waals surface area (Å²) in [6, 6.07) is 16.1. The van der Waals surface area contributed by atoms with Crippen molar-refractivity contribution in [1.82, 2.24) is 25.1 Å². The Hall–Kier alpha value is -3.92. The van der Waals surface area contributed by atoms with Gasteiger partial charge >= 0.3 is 0 Å². The van der Waals surface area contributed by atoms with Gasteiger partial charge in [0.2, 0.25) is 5.95 Å². The molecule has 0 amide bonds. The van der Waals surface area contributed by atoms with Gasteiger partial charge in [-0.25, -0.2) is 4.98 Å². The van der Waals surface area contributed by atoms with Crippen LogP contribution >= 0.6 is 23.1 Å². The smallest absolute Gasteiger partial charge is 0.229 e. The first-order valence-corrected chi connectivity index (χ1v) is 17.4. The largest absolute Gasteiger partial charge is 0.494 e. The fourth-order valence-corrected chi connectivity index (χ4v) is 7.28. The summed E-state index contributed by atoms with van der Waals surface area (Å²) < 4.78 is 21.8. The first-order chi connectivity index (χ1) is 20.7. The number of rotatable bonds is 8. The van der Waals surface area contributed by atoms with Crippen LogP contribution in [0.15, 0.2) is 71.6 Å². The quantitative estimate of drug-likeness (QED) is 0.174. The highest BCUT2D eigenvalue weighted by molar-refractivity contribution is 9.10. The molecule has 2 aromatic heterocycles. The van der Waals surface area contributed by atoms with E-state index in [1.165, 1.54) is 0 Å². The molecular weight excluding hydrogens is 627 g/mol. The van der Waals surface area contributed by atoms with Crippen LogP contribution in [-0.2, 0) is 11.6 Å². The van der Waals surface area contributed by atoms with Crippen LogP contribution in [0.4, 0.5) is 28.8 Å². The molecule has 1 saturated heterocycles.